The van der Waals surface area contributed by atoms with Crippen LogP contribution in [0.25, 0.3) is 0 Å². The van der Waals surface area contributed by atoms with E-state index in [0.29, 0.717) is 39.4 Å². The SMILES string of the molecule is COCCN1CCCN(CCOC)S1(=O)=O. The normalized spacial score (nSPS) is 22.4. The van der Waals surface area contributed by atoms with Gasteiger partial charge in [0.25, 0.3) is 10.2 Å². The van der Waals surface area contributed by atoms with Gasteiger partial charge in [-0.05, 0) is 6.42 Å². The summed E-state index contributed by atoms with van der Waals surface area (Å²) in [6, 6.07) is 0. The summed E-state index contributed by atoms with van der Waals surface area (Å²) in [5.41, 5.74) is 0. The molecule has 1 saturated heterocycles. The van der Waals surface area contributed by atoms with Crippen molar-refractivity contribution in [1.29, 1.82) is 0 Å². The van der Waals surface area contributed by atoms with Crippen molar-refractivity contribution in [2.75, 3.05) is 53.6 Å². The molecule has 0 N–H and O–H groups in total. The van der Waals surface area contributed by atoms with Crippen LogP contribution in [0, 0.1) is 0 Å². The van der Waals surface area contributed by atoms with Crippen LogP contribution >= 0.6 is 0 Å². The third-order valence-corrected chi connectivity index (χ3v) is 4.59. The highest BCUT2D eigenvalue weighted by Gasteiger charge is 2.32. The predicted octanol–water partition coefficient (Wildman–Crippen LogP) is -0.468. The van der Waals surface area contributed by atoms with E-state index in [2.05, 4.69) is 0 Å². The fraction of sp³-hybridized carbons (Fsp3) is 1.00. The van der Waals surface area contributed by atoms with Crippen molar-refractivity contribution in [3.63, 3.8) is 0 Å². The van der Waals surface area contributed by atoms with Crippen LogP contribution in [0.15, 0.2) is 0 Å². The van der Waals surface area contributed by atoms with Gasteiger partial charge in [-0.15, -0.1) is 0 Å². The first-order chi connectivity index (χ1) is 7.62. The molecule has 0 unspecified atom stereocenters. The lowest BCUT2D eigenvalue weighted by atomic mass is 10.4. The molecule has 1 aliphatic heterocycles. The fourth-order valence-electron chi connectivity index (χ4n) is 1.66. The van der Waals surface area contributed by atoms with E-state index in [-0.39, 0.29) is 0 Å². The van der Waals surface area contributed by atoms with Crippen molar-refractivity contribution in [3.8, 4) is 0 Å². The molecule has 0 saturated carbocycles. The zero-order chi connectivity index (χ0) is 12.0. The van der Waals surface area contributed by atoms with Crippen molar-refractivity contribution in [1.82, 2.24) is 8.61 Å². The van der Waals surface area contributed by atoms with Gasteiger partial charge in [0.2, 0.25) is 0 Å². The van der Waals surface area contributed by atoms with Gasteiger partial charge in [0.1, 0.15) is 0 Å². The molecule has 7 heteroatoms. The Kier molecular flexibility index (Phi) is 5.63. The minimum Gasteiger partial charge on any atom is -0.383 e. The lowest BCUT2D eigenvalue weighted by Gasteiger charge is -2.34. The molecule has 96 valence electrons. The molecule has 0 aliphatic carbocycles. The molecule has 0 aromatic carbocycles. The number of ether oxygens (including phenoxy) is 2. The van der Waals surface area contributed by atoms with E-state index < -0.39 is 10.2 Å². The molecular weight excluding hydrogens is 232 g/mol. The molecule has 1 fully saturated rings. The Bertz CT molecular complexity index is 272. The highest BCUT2D eigenvalue weighted by molar-refractivity contribution is 7.86. The molecule has 0 bridgehead atoms. The van der Waals surface area contributed by atoms with Crippen LogP contribution in [0.2, 0.25) is 0 Å². The van der Waals surface area contributed by atoms with Crippen LogP contribution in [0.4, 0.5) is 0 Å². The van der Waals surface area contributed by atoms with E-state index in [1.807, 2.05) is 0 Å². The fourth-order valence-corrected chi connectivity index (χ4v) is 3.31. The first kappa shape index (κ1) is 13.9. The molecule has 0 radical (unpaired) electrons. The van der Waals surface area contributed by atoms with Gasteiger partial charge in [-0.25, -0.2) is 0 Å². The molecule has 0 spiro atoms. The summed E-state index contributed by atoms with van der Waals surface area (Å²) in [5.74, 6) is 0. The second-order valence-electron chi connectivity index (χ2n) is 3.65. The van der Waals surface area contributed by atoms with Gasteiger partial charge in [-0.3, -0.25) is 0 Å². The highest BCUT2D eigenvalue weighted by Crippen LogP contribution is 2.15. The minimum atomic E-state index is -3.30. The van der Waals surface area contributed by atoms with Gasteiger partial charge in [-0.2, -0.15) is 17.0 Å². The van der Waals surface area contributed by atoms with E-state index in [1.54, 1.807) is 14.2 Å². The first-order valence-electron chi connectivity index (χ1n) is 5.36. The Morgan fingerprint density at radius 3 is 1.81 bits per heavy atom. The summed E-state index contributed by atoms with van der Waals surface area (Å²) in [7, 11) is -0.165. The van der Waals surface area contributed by atoms with Gasteiger partial charge in [0.15, 0.2) is 0 Å². The molecule has 0 amide bonds. The van der Waals surface area contributed by atoms with Crippen molar-refractivity contribution in [2.24, 2.45) is 0 Å². The van der Waals surface area contributed by atoms with Crippen LogP contribution in [0.5, 0.6) is 0 Å². The summed E-state index contributed by atoms with van der Waals surface area (Å²) in [4.78, 5) is 0. The standard InChI is InChI=1S/C9H20N2O4S/c1-14-8-6-10-4-3-5-11(7-9-15-2)16(10,12)13/h3-9H2,1-2H3. The van der Waals surface area contributed by atoms with Gasteiger partial charge < -0.3 is 9.47 Å². The first-order valence-corrected chi connectivity index (χ1v) is 6.75. The monoisotopic (exact) mass is 252 g/mol. The van der Waals surface area contributed by atoms with E-state index in [0.717, 1.165) is 6.42 Å². The minimum absolute atomic E-state index is 0.419. The number of rotatable bonds is 6. The Hall–Kier alpha value is -0.210. The molecule has 16 heavy (non-hydrogen) atoms. The maximum absolute atomic E-state index is 12.1. The summed E-state index contributed by atoms with van der Waals surface area (Å²) in [6.45, 7) is 2.85. The molecule has 6 nitrogen and oxygen atoms in total. The zero-order valence-electron chi connectivity index (χ0n) is 9.89. The molecule has 0 atom stereocenters. The molecule has 1 heterocycles. The molecular formula is C9H20N2O4S. The largest absolute Gasteiger partial charge is 0.383 e. The Balaban J connectivity index is 2.60. The number of hydrogen-bond donors (Lipinski definition) is 0. The number of methoxy groups -OCH3 is 2. The van der Waals surface area contributed by atoms with Crippen LogP contribution in [-0.2, 0) is 19.7 Å². The molecule has 0 aromatic heterocycles. The van der Waals surface area contributed by atoms with Crippen molar-refractivity contribution < 1.29 is 17.9 Å². The molecule has 1 aliphatic rings. The summed E-state index contributed by atoms with van der Waals surface area (Å²) < 4.78 is 36.9. The lowest BCUT2D eigenvalue weighted by molar-refractivity contribution is 0.153. The third-order valence-electron chi connectivity index (χ3n) is 2.56. The Morgan fingerprint density at radius 2 is 1.44 bits per heavy atom. The maximum Gasteiger partial charge on any atom is 0.282 e. The van der Waals surface area contributed by atoms with Crippen molar-refractivity contribution in [2.45, 2.75) is 6.42 Å². The Morgan fingerprint density at radius 1 is 1.00 bits per heavy atom. The summed E-state index contributed by atoms with van der Waals surface area (Å²) in [6.07, 6.45) is 0.854. The third kappa shape index (κ3) is 3.39. The maximum atomic E-state index is 12.1. The Labute approximate surface area is 97.3 Å². The van der Waals surface area contributed by atoms with Crippen molar-refractivity contribution >= 4 is 10.2 Å². The molecule has 0 aromatic rings. The van der Waals surface area contributed by atoms with E-state index >= 15 is 0 Å². The molecule has 1 rings (SSSR count). The van der Waals surface area contributed by atoms with Crippen LogP contribution < -0.4 is 0 Å². The van der Waals surface area contributed by atoms with Crippen LogP contribution in [0.1, 0.15) is 6.42 Å². The topological polar surface area (TPSA) is 59.1 Å². The zero-order valence-corrected chi connectivity index (χ0v) is 10.7. The van der Waals surface area contributed by atoms with Gasteiger partial charge in [-0.1, -0.05) is 0 Å². The average Bonchev–Trinajstić information content (AvgIpc) is 2.25. The number of hydrogen-bond acceptors (Lipinski definition) is 4. The van der Waals surface area contributed by atoms with E-state index in [4.69, 9.17) is 9.47 Å². The van der Waals surface area contributed by atoms with Crippen LogP contribution in [0.3, 0.4) is 0 Å². The van der Waals surface area contributed by atoms with Crippen LogP contribution in [-0.4, -0.2) is 70.6 Å². The smallest absolute Gasteiger partial charge is 0.282 e. The van der Waals surface area contributed by atoms with E-state index in [9.17, 15) is 8.42 Å². The number of nitrogens with zero attached hydrogens (tertiary/aromatic N) is 2. The summed E-state index contributed by atoms with van der Waals surface area (Å²) in [5, 5.41) is 0. The average molecular weight is 252 g/mol. The highest BCUT2D eigenvalue weighted by atomic mass is 32.2. The second kappa shape index (κ2) is 6.51. The van der Waals surface area contributed by atoms with Gasteiger partial charge in [0, 0.05) is 40.4 Å². The second-order valence-corrected chi connectivity index (χ2v) is 5.57. The van der Waals surface area contributed by atoms with Gasteiger partial charge >= 0.3 is 0 Å². The lowest BCUT2D eigenvalue weighted by Crippen LogP contribution is -2.51. The van der Waals surface area contributed by atoms with Crippen molar-refractivity contribution in [3.05, 3.63) is 0 Å². The predicted molar refractivity (Wildman–Crippen MR) is 60.4 cm³/mol. The van der Waals surface area contributed by atoms with E-state index in [1.165, 1.54) is 8.61 Å². The van der Waals surface area contributed by atoms with Gasteiger partial charge in [0.05, 0.1) is 13.2 Å². The quantitative estimate of drug-likeness (QED) is 0.641. The summed E-state index contributed by atoms with van der Waals surface area (Å²) >= 11 is 0.